The second-order valence-corrected chi connectivity index (χ2v) is 8.72. The molecule has 0 aliphatic rings. The van der Waals surface area contributed by atoms with Gasteiger partial charge in [-0.2, -0.15) is 0 Å². The second-order valence-electron chi connectivity index (χ2n) is 8.72. The van der Waals surface area contributed by atoms with E-state index >= 15 is 0 Å². The van der Waals surface area contributed by atoms with Crippen molar-refractivity contribution in [1.29, 1.82) is 0 Å². The third kappa shape index (κ3) is 11.3. The zero-order chi connectivity index (χ0) is 28.7. The smallest absolute Gasteiger partial charge is 0.244 e. The SMILES string of the molecule is CCNC(=O)CC[C@@H](NC(=O)[C@@H](NC(=O)CNC(=O)/C=C/c1ccc(O)c(OC)c1)C(C)C)C(=O)NCC. The molecular formula is C26H39N5O7. The van der Waals surface area contributed by atoms with Crippen molar-refractivity contribution in [3.63, 3.8) is 0 Å². The highest BCUT2D eigenvalue weighted by Crippen LogP contribution is 2.26. The molecule has 5 amide bonds. The lowest BCUT2D eigenvalue weighted by molar-refractivity contribution is -0.133. The summed E-state index contributed by atoms with van der Waals surface area (Å²) in [7, 11) is 1.41. The number of carbonyl (C=O) groups is 5. The van der Waals surface area contributed by atoms with Crippen molar-refractivity contribution in [3.05, 3.63) is 29.8 Å². The van der Waals surface area contributed by atoms with Gasteiger partial charge in [-0.15, -0.1) is 0 Å². The van der Waals surface area contributed by atoms with Crippen molar-refractivity contribution in [2.24, 2.45) is 5.92 Å². The lowest BCUT2D eigenvalue weighted by atomic mass is 10.0. The van der Waals surface area contributed by atoms with E-state index in [1.165, 1.54) is 25.3 Å². The van der Waals surface area contributed by atoms with E-state index in [1.807, 2.05) is 0 Å². The fourth-order valence-electron chi connectivity index (χ4n) is 3.34. The summed E-state index contributed by atoms with van der Waals surface area (Å²) >= 11 is 0. The molecule has 6 N–H and O–H groups in total. The van der Waals surface area contributed by atoms with Gasteiger partial charge in [-0.25, -0.2) is 0 Å². The quantitative estimate of drug-likeness (QED) is 0.175. The molecule has 0 spiro atoms. The maximum Gasteiger partial charge on any atom is 0.244 e. The predicted molar refractivity (Wildman–Crippen MR) is 142 cm³/mol. The van der Waals surface area contributed by atoms with Crippen LogP contribution in [-0.2, 0) is 24.0 Å². The summed E-state index contributed by atoms with van der Waals surface area (Å²) in [6.07, 6.45) is 2.85. The molecule has 0 unspecified atom stereocenters. The Morgan fingerprint density at radius 2 is 1.63 bits per heavy atom. The number of likely N-dealkylation sites (N-methyl/N-ethyl adjacent to an activating group) is 1. The fraction of sp³-hybridized carbons (Fsp3) is 0.500. The van der Waals surface area contributed by atoms with Crippen LogP contribution in [0.4, 0.5) is 0 Å². The number of rotatable bonds is 15. The first kappa shape index (κ1) is 31.9. The Morgan fingerprint density at radius 3 is 2.24 bits per heavy atom. The summed E-state index contributed by atoms with van der Waals surface area (Å²) in [5, 5.41) is 22.6. The Balaban J connectivity index is 2.72. The van der Waals surface area contributed by atoms with Gasteiger partial charge in [-0.3, -0.25) is 24.0 Å². The predicted octanol–water partition coefficient (Wildman–Crippen LogP) is 0.208. The Morgan fingerprint density at radius 1 is 0.947 bits per heavy atom. The third-order valence-corrected chi connectivity index (χ3v) is 5.34. The molecule has 0 radical (unpaired) electrons. The average molecular weight is 534 g/mol. The van der Waals surface area contributed by atoms with E-state index in [1.54, 1.807) is 39.8 Å². The number of methoxy groups -OCH3 is 1. The Labute approximate surface area is 223 Å². The monoisotopic (exact) mass is 533 g/mol. The van der Waals surface area contributed by atoms with E-state index in [9.17, 15) is 29.1 Å². The molecule has 1 aromatic carbocycles. The topological polar surface area (TPSA) is 175 Å². The highest BCUT2D eigenvalue weighted by atomic mass is 16.5. The number of benzene rings is 1. The Bertz CT molecular complexity index is 1010. The molecule has 1 aromatic rings. The lowest BCUT2D eigenvalue weighted by Gasteiger charge is -2.25. The number of ether oxygens (including phenoxy) is 1. The van der Waals surface area contributed by atoms with Gasteiger partial charge in [-0.1, -0.05) is 19.9 Å². The van der Waals surface area contributed by atoms with E-state index < -0.39 is 35.7 Å². The van der Waals surface area contributed by atoms with Crippen LogP contribution in [0.1, 0.15) is 46.1 Å². The van der Waals surface area contributed by atoms with Gasteiger partial charge in [-0.05, 0) is 50.0 Å². The van der Waals surface area contributed by atoms with Gasteiger partial charge < -0.3 is 36.4 Å². The Hall–Kier alpha value is -4.09. The standard InChI is InChI=1S/C26H39N5O7/c1-6-27-21(33)13-10-18(25(36)28-7-2)30-26(37)24(16(3)4)31-23(35)15-29-22(34)12-9-17-8-11-19(32)20(14-17)38-5/h8-9,11-12,14,16,18,24,32H,6-7,10,13,15H2,1-5H3,(H,27,33)(H,28,36)(H,29,34)(H,30,37)(H,31,35)/b12-9+/t18-,24+/m1/s1. The van der Waals surface area contributed by atoms with Crippen LogP contribution in [0.5, 0.6) is 11.5 Å². The van der Waals surface area contributed by atoms with Crippen LogP contribution in [0.15, 0.2) is 24.3 Å². The van der Waals surface area contributed by atoms with Gasteiger partial charge in [0.1, 0.15) is 12.1 Å². The van der Waals surface area contributed by atoms with Crippen LogP contribution < -0.4 is 31.3 Å². The van der Waals surface area contributed by atoms with Gasteiger partial charge in [0.05, 0.1) is 13.7 Å². The first-order chi connectivity index (χ1) is 18.0. The van der Waals surface area contributed by atoms with Gasteiger partial charge >= 0.3 is 0 Å². The van der Waals surface area contributed by atoms with Crippen molar-refractivity contribution in [2.45, 2.75) is 52.6 Å². The highest BCUT2D eigenvalue weighted by Gasteiger charge is 2.29. The van der Waals surface area contributed by atoms with Crippen LogP contribution in [0.3, 0.4) is 0 Å². The molecule has 0 saturated carbocycles. The molecule has 0 aromatic heterocycles. The number of hydrogen-bond acceptors (Lipinski definition) is 7. The van der Waals surface area contributed by atoms with E-state index in [0.717, 1.165) is 0 Å². The number of aromatic hydroxyl groups is 1. The van der Waals surface area contributed by atoms with Gasteiger partial charge in [0.15, 0.2) is 11.5 Å². The summed E-state index contributed by atoms with van der Waals surface area (Å²) in [5.74, 6) is -2.48. The maximum atomic E-state index is 13.0. The number of phenolic OH excluding ortho intramolecular Hbond substituents is 1. The van der Waals surface area contributed by atoms with E-state index in [2.05, 4.69) is 26.6 Å². The van der Waals surface area contributed by atoms with Crippen molar-refractivity contribution >= 4 is 35.6 Å². The Kier molecular flexibility index (Phi) is 14.0. The molecule has 0 bridgehead atoms. The van der Waals surface area contributed by atoms with Crippen LogP contribution >= 0.6 is 0 Å². The number of nitrogens with one attached hydrogen (secondary N) is 5. The number of hydrogen-bond donors (Lipinski definition) is 6. The molecule has 1 rings (SSSR count). The maximum absolute atomic E-state index is 13.0. The minimum absolute atomic E-state index is 0.0335. The summed E-state index contributed by atoms with van der Waals surface area (Å²) in [4.78, 5) is 61.8. The van der Waals surface area contributed by atoms with Crippen LogP contribution in [0.2, 0.25) is 0 Å². The molecule has 38 heavy (non-hydrogen) atoms. The van der Waals surface area contributed by atoms with Crippen molar-refractivity contribution in [1.82, 2.24) is 26.6 Å². The zero-order valence-electron chi connectivity index (χ0n) is 22.6. The largest absolute Gasteiger partial charge is 0.504 e. The van der Waals surface area contributed by atoms with Crippen LogP contribution in [0, 0.1) is 5.92 Å². The number of carbonyl (C=O) groups excluding carboxylic acids is 5. The van der Waals surface area contributed by atoms with Crippen molar-refractivity contribution in [2.75, 3.05) is 26.7 Å². The normalized spacial score (nSPS) is 12.4. The zero-order valence-corrected chi connectivity index (χ0v) is 22.6. The molecule has 0 fully saturated rings. The first-order valence-corrected chi connectivity index (χ1v) is 12.5. The number of amides is 5. The van der Waals surface area contributed by atoms with Gasteiger partial charge in [0.2, 0.25) is 29.5 Å². The minimum atomic E-state index is -0.971. The van der Waals surface area contributed by atoms with Crippen LogP contribution in [-0.4, -0.2) is 73.5 Å². The molecular weight excluding hydrogens is 494 g/mol. The summed E-state index contributed by atoms with van der Waals surface area (Å²) < 4.78 is 5.02. The summed E-state index contributed by atoms with van der Waals surface area (Å²) in [5.41, 5.74) is 0.602. The second kappa shape index (κ2) is 16.6. The molecule has 12 nitrogen and oxygen atoms in total. The van der Waals surface area contributed by atoms with Crippen molar-refractivity contribution in [3.8, 4) is 11.5 Å². The lowest BCUT2D eigenvalue weighted by Crippen LogP contribution is -2.56. The van der Waals surface area contributed by atoms with E-state index in [4.69, 9.17) is 4.74 Å². The van der Waals surface area contributed by atoms with Crippen molar-refractivity contribution < 1.29 is 33.8 Å². The molecule has 0 heterocycles. The molecule has 210 valence electrons. The summed E-state index contributed by atoms with van der Waals surface area (Å²) in [6.45, 7) is 7.41. The first-order valence-electron chi connectivity index (χ1n) is 12.5. The van der Waals surface area contributed by atoms with E-state index in [0.29, 0.717) is 18.7 Å². The number of phenols is 1. The molecule has 0 aliphatic carbocycles. The van der Waals surface area contributed by atoms with Crippen LogP contribution in [0.25, 0.3) is 6.08 Å². The van der Waals surface area contributed by atoms with E-state index in [-0.39, 0.29) is 42.7 Å². The third-order valence-electron chi connectivity index (χ3n) is 5.34. The minimum Gasteiger partial charge on any atom is -0.504 e. The molecule has 0 aliphatic heterocycles. The molecule has 0 saturated heterocycles. The molecule has 2 atom stereocenters. The molecule has 12 heteroatoms. The average Bonchev–Trinajstić information content (AvgIpc) is 2.87. The fourth-order valence-corrected chi connectivity index (χ4v) is 3.34. The van der Waals surface area contributed by atoms with Gasteiger partial charge in [0.25, 0.3) is 0 Å². The van der Waals surface area contributed by atoms with Gasteiger partial charge in [0, 0.05) is 25.6 Å². The summed E-state index contributed by atoms with van der Waals surface area (Å²) in [6, 6.07) is 2.64. The highest BCUT2D eigenvalue weighted by molar-refractivity contribution is 5.96.